The number of hydrogen-bond donors (Lipinski definition) is 1. The van der Waals surface area contributed by atoms with Crippen molar-refractivity contribution in [2.75, 3.05) is 29.9 Å². The van der Waals surface area contributed by atoms with Gasteiger partial charge < -0.3 is 19.9 Å². The molecule has 1 atom stereocenters. The standard InChI is InChI=1S/C16H21BN4O3/c1-9-10(17)7-18-13-12(9)19-14(22)11-8-20(5-6-21(11)13)15(23)24-16(2,3)4/h7,11H,5-6,8H2,1-4H3,(H,19,22). The number of hydrogen-bond acceptors (Lipinski definition) is 5. The Kier molecular flexibility index (Phi) is 3.93. The van der Waals surface area contributed by atoms with E-state index in [1.54, 1.807) is 11.1 Å². The van der Waals surface area contributed by atoms with Gasteiger partial charge in [-0.1, -0.05) is 5.46 Å². The second-order valence-corrected chi connectivity index (χ2v) is 7.16. The van der Waals surface area contributed by atoms with E-state index in [1.165, 1.54) is 0 Å². The van der Waals surface area contributed by atoms with Gasteiger partial charge in [0.15, 0.2) is 5.82 Å². The highest BCUT2D eigenvalue weighted by molar-refractivity contribution is 6.34. The zero-order valence-corrected chi connectivity index (χ0v) is 14.4. The Morgan fingerprint density at radius 2 is 2.12 bits per heavy atom. The van der Waals surface area contributed by atoms with E-state index in [1.807, 2.05) is 32.6 Å². The van der Waals surface area contributed by atoms with Crippen LogP contribution in [0.4, 0.5) is 16.3 Å². The van der Waals surface area contributed by atoms with Crippen LogP contribution >= 0.6 is 0 Å². The molecule has 1 saturated heterocycles. The molecule has 1 fully saturated rings. The van der Waals surface area contributed by atoms with Crippen LogP contribution < -0.4 is 15.7 Å². The summed E-state index contributed by atoms with van der Waals surface area (Å²) in [7, 11) is 5.88. The number of nitrogens with zero attached hydrogens (tertiary/aromatic N) is 3. The second-order valence-electron chi connectivity index (χ2n) is 7.16. The number of nitrogens with one attached hydrogen (secondary N) is 1. The van der Waals surface area contributed by atoms with Gasteiger partial charge in [0.1, 0.15) is 19.5 Å². The van der Waals surface area contributed by atoms with Gasteiger partial charge in [-0.2, -0.15) is 0 Å². The number of amides is 2. The first kappa shape index (κ1) is 16.6. The minimum atomic E-state index is -0.564. The molecule has 2 aliphatic heterocycles. The molecule has 8 heteroatoms. The van der Waals surface area contributed by atoms with E-state index in [9.17, 15) is 9.59 Å². The Morgan fingerprint density at radius 1 is 1.42 bits per heavy atom. The maximum atomic E-state index is 12.5. The number of carbonyl (C=O) groups is 2. The third kappa shape index (κ3) is 2.92. The lowest BCUT2D eigenvalue weighted by molar-refractivity contribution is -0.118. The summed E-state index contributed by atoms with van der Waals surface area (Å²) >= 11 is 0. The third-order valence-corrected chi connectivity index (χ3v) is 4.21. The zero-order chi connectivity index (χ0) is 17.6. The number of anilines is 2. The van der Waals surface area contributed by atoms with Crippen molar-refractivity contribution in [3.05, 3.63) is 11.8 Å². The summed E-state index contributed by atoms with van der Waals surface area (Å²) in [5.74, 6) is 0.543. The molecule has 2 amide bonds. The summed E-state index contributed by atoms with van der Waals surface area (Å²) in [6, 6.07) is -0.478. The highest BCUT2D eigenvalue weighted by Gasteiger charge is 2.40. The minimum absolute atomic E-state index is 0.161. The fraction of sp³-hybridized carbons (Fsp3) is 0.562. The lowest BCUT2D eigenvalue weighted by Gasteiger charge is -2.44. The van der Waals surface area contributed by atoms with E-state index in [0.717, 1.165) is 5.56 Å². The Bertz CT molecular complexity index is 701. The minimum Gasteiger partial charge on any atom is -0.444 e. The number of ether oxygens (including phenoxy) is 1. The van der Waals surface area contributed by atoms with Crippen LogP contribution in [0.2, 0.25) is 0 Å². The highest BCUT2D eigenvalue weighted by Crippen LogP contribution is 2.33. The number of aromatic nitrogens is 1. The highest BCUT2D eigenvalue weighted by atomic mass is 16.6. The van der Waals surface area contributed by atoms with Crippen LogP contribution in [0.1, 0.15) is 26.3 Å². The van der Waals surface area contributed by atoms with Gasteiger partial charge in [0.2, 0.25) is 5.91 Å². The van der Waals surface area contributed by atoms with Gasteiger partial charge in [-0.05, 0) is 33.3 Å². The lowest BCUT2D eigenvalue weighted by atomic mass is 9.91. The van der Waals surface area contributed by atoms with Crippen LogP contribution in [-0.4, -0.2) is 61.0 Å². The molecule has 0 aliphatic carbocycles. The molecule has 1 aromatic rings. The Hall–Kier alpha value is -2.25. The van der Waals surface area contributed by atoms with E-state index in [2.05, 4.69) is 10.3 Å². The monoisotopic (exact) mass is 328 g/mol. The Morgan fingerprint density at radius 3 is 2.79 bits per heavy atom. The molecule has 1 N–H and O–H groups in total. The fourth-order valence-corrected chi connectivity index (χ4v) is 2.93. The lowest BCUT2D eigenvalue weighted by Crippen LogP contribution is -2.61. The fourth-order valence-electron chi connectivity index (χ4n) is 2.93. The van der Waals surface area contributed by atoms with E-state index >= 15 is 0 Å². The first-order valence-corrected chi connectivity index (χ1v) is 7.98. The van der Waals surface area contributed by atoms with Gasteiger partial charge in [-0.25, -0.2) is 9.78 Å². The molecular weight excluding hydrogens is 307 g/mol. The summed E-state index contributed by atoms with van der Waals surface area (Å²) in [5.41, 5.74) is 1.44. The molecule has 3 rings (SSSR count). The molecule has 0 spiro atoms. The zero-order valence-electron chi connectivity index (χ0n) is 14.4. The van der Waals surface area contributed by atoms with Crippen molar-refractivity contribution < 1.29 is 14.3 Å². The topological polar surface area (TPSA) is 74.8 Å². The Balaban J connectivity index is 1.83. The average Bonchev–Trinajstić information content (AvgIpc) is 2.49. The maximum absolute atomic E-state index is 12.5. The van der Waals surface area contributed by atoms with Crippen molar-refractivity contribution in [1.82, 2.24) is 9.88 Å². The van der Waals surface area contributed by atoms with E-state index in [0.29, 0.717) is 30.1 Å². The van der Waals surface area contributed by atoms with Crippen molar-refractivity contribution >= 4 is 36.8 Å². The normalized spacial score (nSPS) is 20.2. The quantitative estimate of drug-likeness (QED) is 0.705. The van der Waals surface area contributed by atoms with E-state index in [4.69, 9.17) is 12.6 Å². The Labute approximate surface area is 142 Å². The van der Waals surface area contributed by atoms with Gasteiger partial charge >= 0.3 is 6.09 Å². The van der Waals surface area contributed by atoms with Gasteiger partial charge in [0.25, 0.3) is 0 Å². The molecule has 1 unspecified atom stereocenters. The molecule has 2 aliphatic rings. The molecular formula is C16H21BN4O3. The van der Waals surface area contributed by atoms with E-state index < -0.39 is 17.7 Å². The van der Waals surface area contributed by atoms with Crippen LogP contribution in [0.5, 0.6) is 0 Å². The van der Waals surface area contributed by atoms with Crippen LogP contribution in [0, 0.1) is 6.92 Å². The molecule has 3 heterocycles. The van der Waals surface area contributed by atoms with Gasteiger partial charge in [-0.3, -0.25) is 4.79 Å². The van der Waals surface area contributed by atoms with Crippen molar-refractivity contribution in [2.24, 2.45) is 0 Å². The maximum Gasteiger partial charge on any atom is 0.410 e. The summed E-state index contributed by atoms with van der Waals surface area (Å²) in [4.78, 5) is 32.7. The number of pyridine rings is 1. The predicted octanol–water partition coefficient (Wildman–Crippen LogP) is 0.562. The summed E-state index contributed by atoms with van der Waals surface area (Å²) in [6.07, 6.45) is 1.20. The third-order valence-electron chi connectivity index (χ3n) is 4.21. The first-order chi connectivity index (χ1) is 11.2. The molecule has 7 nitrogen and oxygen atoms in total. The van der Waals surface area contributed by atoms with Crippen LogP contribution in [0.3, 0.4) is 0 Å². The predicted molar refractivity (Wildman–Crippen MR) is 91.9 cm³/mol. The number of piperazine rings is 1. The molecule has 126 valence electrons. The van der Waals surface area contributed by atoms with Crippen LogP contribution in [0.15, 0.2) is 6.20 Å². The van der Waals surface area contributed by atoms with Gasteiger partial charge in [0.05, 0.1) is 12.2 Å². The van der Waals surface area contributed by atoms with E-state index in [-0.39, 0.29) is 12.5 Å². The first-order valence-electron chi connectivity index (χ1n) is 7.98. The molecule has 2 radical (unpaired) electrons. The average molecular weight is 328 g/mol. The van der Waals surface area contributed by atoms with Crippen LogP contribution in [0.25, 0.3) is 0 Å². The van der Waals surface area contributed by atoms with Gasteiger partial charge in [-0.15, -0.1) is 0 Å². The number of rotatable bonds is 0. The van der Waals surface area contributed by atoms with Crippen molar-refractivity contribution in [2.45, 2.75) is 39.3 Å². The van der Waals surface area contributed by atoms with Crippen molar-refractivity contribution in [1.29, 1.82) is 0 Å². The summed E-state index contributed by atoms with van der Waals surface area (Å²) in [6.45, 7) is 8.58. The molecule has 24 heavy (non-hydrogen) atoms. The largest absolute Gasteiger partial charge is 0.444 e. The SMILES string of the molecule is [B]c1cnc2c(c1C)NC(=O)C1CN(C(=O)OC(C)(C)C)CCN21. The summed E-state index contributed by atoms with van der Waals surface area (Å²) in [5, 5.41) is 2.87. The molecule has 0 bridgehead atoms. The molecule has 0 aromatic carbocycles. The number of carbonyl (C=O) groups excluding carboxylic acids is 2. The van der Waals surface area contributed by atoms with Crippen molar-refractivity contribution in [3.8, 4) is 0 Å². The second kappa shape index (κ2) is 5.68. The van der Waals surface area contributed by atoms with Crippen molar-refractivity contribution in [3.63, 3.8) is 0 Å². The summed E-state index contributed by atoms with van der Waals surface area (Å²) < 4.78 is 5.40. The van der Waals surface area contributed by atoms with Crippen LogP contribution in [-0.2, 0) is 9.53 Å². The molecule has 1 aromatic heterocycles. The van der Waals surface area contributed by atoms with Gasteiger partial charge in [0, 0.05) is 19.3 Å². The number of fused-ring (bicyclic) bond motifs is 3. The smallest absolute Gasteiger partial charge is 0.410 e. The molecule has 0 saturated carbocycles.